The molecule has 0 bridgehead atoms. The summed E-state index contributed by atoms with van der Waals surface area (Å²) < 4.78 is 1.15. The van der Waals surface area contributed by atoms with Gasteiger partial charge in [0.15, 0.2) is 5.17 Å². The standard InChI is InChI=1S/C23H27BrN4S/c1-16(18-4-2-5-21(13-18)26-10-3-9-25)22-14-27-23(29-22)28-11-8-17-6-7-20(24)12-19(17)15-28/h2-4,6-7,9-10,12-13,16,21-22H,5,8,11,14-15,25H2,1H3. The summed E-state index contributed by atoms with van der Waals surface area (Å²) in [5.41, 5.74) is 9.64. The fraction of sp³-hybridized carbons (Fsp3) is 0.391. The number of nitrogens with zero attached hydrogens (tertiary/aromatic N) is 3. The number of fused-ring (bicyclic) bond motifs is 1. The van der Waals surface area contributed by atoms with Gasteiger partial charge in [0.1, 0.15) is 0 Å². The molecule has 0 amide bonds. The van der Waals surface area contributed by atoms with Gasteiger partial charge in [0, 0.05) is 29.0 Å². The zero-order chi connectivity index (χ0) is 20.2. The Kier molecular flexibility index (Phi) is 6.60. The Balaban J connectivity index is 1.38. The van der Waals surface area contributed by atoms with Crippen LogP contribution in [0.4, 0.5) is 0 Å². The van der Waals surface area contributed by atoms with E-state index in [1.165, 1.54) is 28.1 Å². The summed E-state index contributed by atoms with van der Waals surface area (Å²) in [6, 6.07) is 6.84. The van der Waals surface area contributed by atoms with E-state index < -0.39 is 0 Å². The molecule has 1 aliphatic carbocycles. The van der Waals surface area contributed by atoms with Gasteiger partial charge in [-0.15, -0.1) is 0 Å². The average Bonchev–Trinajstić information content (AvgIpc) is 3.23. The molecular formula is C23H27BrN4S. The molecule has 3 atom stereocenters. The molecule has 2 heterocycles. The minimum atomic E-state index is 0.206. The quantitative estimate of drug-likeness (QED) is 0.647. The molecule has 0 spiro atoms. The maximum absolute atomic E-state index is 5.39. The van der Waals surface area contributed by atoms with Crippen molar-refractivity contribution in [2.24, 2.45) is 21.6 Å². The highest BCUT2D eigenvalue weighted by molar-refractivity contribution is 9.10. The first-order valence-corrected chi connectivity index (χ1v) is 11.8. The number of nitrogens with two attached hydrogens (primary N) is 1. The van der Waals surface area contributed by atoms with Gasteiger partial charge in [-0.1, -0.05) is 58.9 Å². The number of hydrogen-bond acceptors (Lipinski definition) is 5. The van der Waals surface area contributed by atoms with E-state index in [1.807, 2.05) is 11.8 Å². The molecule has 0 saturated carbocycles. The Morgan fingerprint density at radius 1 is 1.38 bits per heavy atom. The van der Waals surface area contributed by atoms with Gasteiger partial charge in [-0.05, 0) is 59.9 Å². The Morgan fingerprint density at radius 3 is 3.14 bits per heavy atom. The molecule has 6 heteroatoms. The first-order chi connectivity index (χ1) is 14.1. The largest absolute Gasteiger partial charge is 0.405 e. The van der Waals surface area contributed by atoms with Gasteiger partial charge < -0.3 is 10.6 Å². The summed E-state index contributed by atoms with van der Waals surface area (Å²) >= 11 is 5.55. The van der Waals surface area contributed by atoms with Crippen molar-refractivity contribution in [3.8, 4) is 0 Å². The van der Waals surface area contributed by atoms with Gasteiger partial charge in [-0.3, -0.25) is 9.98 Å². The van der Waals surface area contributed by atoms with E-state index in [4.69, 9.17) is 10.7 Å². The average molecular weight is 471 g/mol. The highest BCUT2D eigenvalue weighted by Gasteiger charge is 2.31. The molecule has 2 N–H and O–H groups in total. The summed E-state index contributed by atoms with van der Waals surface area (Å²) in [6.07, 6.45) is 13.9. The molecule has 29 heavy (non-hydrogen) atoms. The van der Waals surface area contributed by atoms with Crippen LogP contribution < -0.4 is 5.73 Å². The SMILES string of the molecule is CC(C1=CC(N=CC=CN)CC=C1)C1CN=C(N2CCc3ccc(Br)cc3C2)S1. The topological polar surface area (TPSA) is 54.0 Å². The van der Waals surface area contributed by atoms with Gasteiger partial charge in [0.2, 0.25) is 0 Å². The highest BCUT2D eigenvalue weighted by atomic mass is 79.9. The lowest BCUT2D eigenvalue weighted by Gasteiger charge is -2.31. The van der Waals surface area contributed by atoms with Crippen LogP contribution in [-0.2, 0) is 13.0 Å². The van der Waals surface area contributed by atoms with Gasteiger partial charge in [-0.25, -0.2) is 0 Å². The van der Waals surface area contributed by atoms with E-state index in [2.05, 4.69) is 69.2 Å². The molecule has 0 aromatic heterocycles. The fourth-order valence-corrected chi connectivity index (χ4v) is 5.67. The molecule has 3 unspecified atom stereocenters. The Labute approximate surface area is 185 Å². The minimum absolute atomic E-state index is 0.206. The fourth-order valence-electron chi connectivity index (χ4n) is 4.02. The van der Waals surface area contributed by atoms with Crippen LogP contribution in [0, 0.1) is 5.92 Å². The normalized spacial score (nSPS) is 25.4. The Morgan fingerprint density at radius 2 is 2.28 bits per heavy atom. The molecule has 3 aliphatic rings. The van der Waals surface area contributed by atoms with E-state index in [-0.39, 0.29) is 6.04 Å². The van der Waals surface area contributed by atoms with Crippen molar-refractivity contribution in [3.63, 3.8) is 0 Å². The van der Waals surface area contributed by atoms with E-state index >= 15 is 0 Å². The molecule has 1 aromatic rings. The molecule has 0 saturated heterocycles. The first kappa shape index (κ1) is 20.5. The maximum atomic E-state index is 5.39. The molecular weight excluding hydrogens is 444 g/mol. The summed E-state index contributed by atoms with van der Waals surface area (Å²) in [5.74, 6) is 0.451. The van der Waals surface area contributed by atoms with Gasteiger partial charge in [-0.2, -0.15) is 0 Å². The van der Waals surface area contributed by atoms with Crippen LogP contribution in [0.25, 0.3) is 0 Å². The van der Waals surface area contributed by atoms with Crippen LogP contribution in [0.1, 0.15) is 24.5 Å². The monoisotopic (exact) mass is 470 g/mol. The minimum Gasteiger partial charge on any atom is -0.405 e. The van der Waals surface area contributed by atoms with Crippen LogP contribution >= 0.6 is 27.7 Å². The third kappa shape index (κ3) is 4.86. The lowest BCUT2D eigenvalue weighted by Crippen LogP contribution is -2.34. The van der Waals surface area contributed by atoms with E-state index in [0.29, 0.717) is 11.2 Å². The smallest absolute Gasteiger partial charge is 0.159 e. The van der Waals surface area contributed by atoms with Crippen molar-refractivity contribution in [2.75, 3.05) is 13.1 Å². The van der Waals surface area contributed by atoms with Gasteiger partial charge >= 0.3 is 0 Å². The second-order valence-electron chi connectivity index (χ2n) is 7.71. The second-order valence-corrected chi connectivity index (χ2v) is 9.83. The zero-order valence-corrected chi connectivity index (χ0v) is 19.1. The maximum Gasteiger partial charge on any atom is 0.159 e. The number of halogens is 1. The summed E-state index contributed by atoms with van der Waals surface area (Å²) in [7, 11) is 0. The molecule has 4 rings (SSSR count). The molecule has 0 fully saturated rings. The predicted octanol–water partition coefficient (Wildman–Crippen LogP) is 4.71. The number of amidine groups is 1. The molecule has 0 radical (unpaired) electrons. The van der Waals surface area contributed by atoms with E-state index in [9.17, 15) is 0 Å². The Hall–Kier alpha value is -1.79. The number of thioether (sulfide) groups is 1. The lowest BCUT2D eigenvalue weighted by molar-refractivity contribution is 0.401. The lowest BCUT2D eigenvalue weighted by atomic mass is 9.91. The van der Waals surface area contributed by atoms with E-state index in [0.717, 1.165) is 36.9 Å². The van der Waals surface area contributed by atoms with Gasteiger partial charge in [0.25, 0.3) is 0 Å². The number of aliphatic imine (C=N–C) groups is 2. The first-order valence-electron chi connectivity index (χ1n) is 10.2. The van der Waals surface area contributed by atoms with Crippen LogP contribution in [0.3, 0.4) is 0 Å². The molecule has 1 aromatic carbocycles. The van der Waals surface area contributed by atoms with Crippen molar-refractivity contribution >= 4 is 39.1 Å². The summed E-state index contributed by atoms with van der Waals surface area (Å²) in [6.45, 7) is 5.21. The number of benzene rings is 1. The number of rotatable bonds is 4. The van der Waals surface area contributed by atoms with Crippen molar-refractivity contribution in [2.45, 2.75) is 37.6 Å². The van der Waals surface area contributed by atoms with Crippen LogP contribution in [0.5, 0.6) is 0 Å². The van der Waals surface area contributed by atoms with E-state index in [1.54, 1.807) is 12.3 Å². The highest BCUT2D eigenvalue weighted by Crippen LogP contribution is 2.36. The molecule has 2 aliphatic heterocycles. The third-order valence-corrected chi connectivity index (χ3v) is 7.70. The van der Waals surface area contributed by atoms with Crippen LogP contribution in [0.15, 0.2) is 68.7 Å². The summed E-state index contributed by atoms with van der Waals surface area (Å²) in [5, 5.41) is 1.69. The third-order valence-electron chi connectivity index (χ3n) is 5.75. The molecule has 4 nitrogen and oxygen atoms in total. The summed E-state index contributed by atoms with van der Waals surface area (Å²) in [4.78, 5) is 12.0. The van der Waals surface area contributed by atoms with Crippen molar-refractivity contribution in [1.82, 2.24) is 4.90 Å². The second kappa shape index (κ2) is 9.35. The molecule has 152 valence electrons. The van der Waals surface area contributed by atoms with Crippen LogP contribution in [0.2, 0.25) is 0 Å². The number of allylic oxidation sites excluding steroid dienone is 3. The number of hydrogen-bond donors (Lipinski definition) is 1. The predicted molar refractivity (Wildman–Crippen MR) is 129 cm³/mol. The van der Waals surface area contributed by atoms with Gasteiger partial charge in [0.05, 0.1) is 12.6 Å². The van der Waals surface area contributed by atoms with Crippen molar-refractivity contribution < 1.29 is 0 Å². The van der Waals surface area contributed by atoms with Crippen molar-refractivity contribution in [1.29, 1.82) is 0 Å². The zero-order valence-electron chi connectivity index (χ0n) is 16.7. The Bertz CT molecular complexity index is 902. The van der Waals surface area contributed by atoms with Crippen LogP contribution in [-0.4, -0.2) is 40.7 Å². The van der Waals surface area contributed by atoms with Crippen molar-refractivity contribution in [3.05, 3.63) is 69.9 Å².